The van der Waals surface area contributed by atoms with Crippen molar-refractivity contribution in [3.05, 3.63) is 24.3 Å². The lowest BCUT2D eigenvalue weighted by Crippen LogP contribution is -2.32. The van der Waals surface area contributed by atoms with E-state index in [1.165, 1.54) is 18.6 Å². The number of para-hydroxylation sites is 2. The summed E-state index contributed by atoms with van der Waals surface area (Å²) in [4.78, 5) is 4.41. The molecule has 2 aliphatic carbocycles. The van der Waals surface area contributed by atoms with E-state index >= 15 is 0 Å². The lowest BCUT2D eigenvalue weighted by atomic mass is 9.70. The summed E-state index contributed by atoms with van der Waals surface area (Å²) >= 11 is 0. The highest BCUT2D eigenvalue weighted by molar-refractivity contribution is 5.94. The summed E-state index contributed by atoms with van der Waals surface area (Å²) in [5.74, 6) is 0.756. The van der Waals surface area contributed by atoms with Gasteiger partial charge in [-0.2, -0.15) is 10.1 Å². The van der Waals surface area contributed by atoms with Gasteiger partial charge >= 0.3 is 6.01 Å². The number of hydrogen-bond donors (Lipinski definition) is 1. The Morgan fingerprint density at radius 2 is 2.10 bits per heavy atom. The number of hydrazone groups is 1. The average Bonchev–Trinajstić information content (AvgIpc) is 3.02. The Morgan fingerprint density at radius 1 is 1.29 bits per heavy atom. The fourth-order valence-corrected chi connectivity index (χ4v) is 4.13. The number of nitrogens with zero attached hydrogens (tertiary/aromatic N) is 2. The highest BCUT2D eigenvalue weighted by atomic mass is 16.4. The van der Waals surface area contributed by atoms with E-state index in [4.69, 9.17) is 4.42 Å². The number of anilines is 1. The van der Waals surface area contributed by atoms with Crippen molar-refractivity contribution in [2.45, 2.75) is 40.0 Å². The maximum atomic E-state index is 5.66. The van der Waals surface area contributed by atoms with Crippen LogP contribution in [-0.4, -0.2) is 10.7 Å². The molecule has 1 heterocycles. The predicted molar refractivity (Wildman–Crippen MR) is 84.3 cm³/mol. The van der Waals surface area contributed by atoms with Gasteiger partial charge in [0.2, 0.25) is 0 Å². The summed E-state index contributed by atoms with van der Waals surface area (Å²) in [5, 5.41) is 4.65. The Labute approximate surface area is 124 Å². The third-order valence-corrected chi connectivity index (χ3v) is 6.09. The van der Waals surface area contributed by atoms with Crippen LogP contribution in [0.15, 0.2) is 33.8 Å². The van der Waals surface area contributed by atoms with E-state index in [9.17, 15) is 0 Å². The molecule has 21 heavy (non-hydrogen) atoms. The molecule has 4 heteroatoms. The zero-order valence-electron chi connectivity index (χ0n) is 12.8. The van der Waals surface area contributed by atoms with E-state index in [1.807, 2.05) is 24.3 Å². The Kier molecular flexibility index (Phi) is 2.51. The van der Waals surface area contributed by atoms with Gasteiger partial charge in [0, 0.05) is 11.1 Å². The molecule has 2 bridgehead atoms. The van der Waals surface area contributed by atoms with Crippen LogP contribution in [0.1, 0.15) is 40.0 Å². The van der Waals surface area contributed by atoms with Crippen LogP contribution in [0.3, 0.4) is 0 Å². The monoisotopic (exact) mass is 283 g/mol. The summed E-state index contributed by atoms with van der Waals surface area (Å²) in [7, 11) is 0. The molecule has 2 aromatic rings. The minimum atomic E-state index is 0.205. The van der Waals surface area contributed by atoms with Crippen molar-refractivity contribution in [1.82, 2.24) is 4.98 Å². The summed E-state index contributed by atoms with van der Waals surface area (Å²) in [6, 6.07) is 8.25. The van der Waals surface area contributed by atoms with Crippen molar-refractivity contribution in [3.63, 3.8) is 0 Å². The molecule has 0 spiro atoms. The molecule has 1 aromatic carbocycles. The van der Waals surface area contributed by atoms with Crippen LogP contribution >= 0.6 is 0 Å². The first-order valence-electron chi connectivity index (χ1n) is 7.69. The third-order valence-electron chi connectivity index (χ3n) is 6.09. The van der Waals surface area contributed by atoms with Crippen LogP contribution in [0.25, 0.3) is 11.1 Å². The minimum absolute atomic E-state index is 0.205. The molecule has 0 aliphatic heterocycles. The molecule has 4 rings (SSSR count). The molecule has 2 fully saturated rings. The van der Waals surface area contributed by atoms with Crippen LogP contribution in [0.5, 0.6) is 0 Å². The predicted octanol–water partition coefficient (Wildman–Crippen LogP) is 4.44. The molecular formula is C17H21N3O. The van der Waals surface area contributed by atoms with Crippen molar-refractivity contribution in [2.75, 3.05) is 5.43 Å². The molecule has 0 radical (unpaired) electrons. The van der Waals surface area contributed by atoms with Gasteiger partial charge in [-0.25, -0.2) is 5.43 Å². The first-order valence-corrected chi connectivity index (χ1v) is 7.69. The lowest BCUT2D eigenvalue weighted by molar-refractivity contribution is 0.194. The molecule has 2 saturated carbocycles. The van der Waals surface area contributed by atoms with Crippen molar-refractivity contribution in [2.24, 2.45) is 21.8 Å². The topological polar surface area (TPSA) is 50.4 Å². The van der Waals surface area contributed by atoms with Crippen LogP contribution in [-0.2, 0) is 0 Å². The van der Waals surface area contributed by atoms with Gasteiger partial charge in [0.15, 0.2) is 5.58 Å². The van der Waals surface area contributed by atoms with Gasteiger partial charge in [-0.3, -0.25) is 0 Å². The number of benzene rings is 1. The van der Waals surface area contributed by atoms with Crippen molar-refractivity contribution in [3.8, 4) is 0 Å². The number of aromatic nitrogens is 1. The van der Waals surface area contributed by atoms with Crippen LogP contribution in [0.4, 0.5) is 6.01 Å². The second kappa shape index (κ2) is 4.09. The standard InChI is InChI=1S/C17H21N3O/c1-16(2)11-8-9-17(16,3)14(10-11)19-20-15-18-12-6-4-5-7-13(12)21-15/h4-7,11H,8-10H2,1-3H3,(H,18,20)/b19-14+/t11-,17+/m1/s1. The van der Waals surface area contributed by atoms with Gasteiger partial charge in [0.05, 0.1) is 0 Å². The van der Waals surface area contributed by atoms with Gasteiger partial charge in [-0.1, -0.05) is 32.9 Å². The second-order valence-electron chi connectivity index (χ2n) is 7.15. The Hall–Kier alpha value is -1.84. The molecule has 1 N–H and O–H groups in total. The summed E-state index contributed by atoms with van der Waals surface area (Å²) in [6.45, 7) is 7.12. The fourth-order valence-electron chi connectivity index (χ4n) is 4.13. The van der Waals surface area contributed by atoms with Crippen molar-refractivity contribution in [1.29, 1.82) is 0 Å². The SMILES string of the molecule is CC1(C)[C@@H]2CC[C@@]1(C)/C(=N/Nc1nc3ccccc3o1)C2. The van der Waals surface area contributed by atoms with Crippen molar-refractivity contribution >= 4 is 22.8 Å². The molecule has 110 valence electrons. The highest BCUT2D eigenvalue weighted by Crippen LogP contribution is 2.63. The molecule has 0 amide bonds. The summed E-state index contributed by atoms with van der Waals surface area (Å²) < 4.78 is 5.66. The summed E-state index contributed by atoms with van der Waals surface area (Å²) in [5.41, 5.74) is 6.50. The number of rotatable bonds is 2. The maximum Gasteiger partial charge on any atom is 0.316 e. The Balaban J connectivity index is 1.62. The number of nitrogens with one attached hydrogen (secondary N) is 1. The second-order valence-corrected chi connectivity index (χ2v) is 7.15. The van der Waals surface area contributed by atoms with Crippen molar-refractivity contribution < 1.29 is 4.42 Å². The fraction of sp³-hybridized carbons (Fsp3) is 0.529. The Morgan fingerprint density at radius 3 is 2.76 bits per heavy atom. The van der Waals surface area contributed by atoms with Gasteiger partial charge in [0.1, 0.15) is 5.52 Å². The van der Waals surface area contributed by atoms with Gasteiger partial charge in [-0.05, 0) is 42.7 Å². The maximum absolute atomic E-state index is 5.66. The quantitative estimate of drug-likeness (QED) is 0.829. The van der Waals surface area contributed by atoms with Crippen LogP contribution < -0.4 is 5.43 Å². The van der Waals surface area contributed by atoms with E-state index < -0.39 is 0 Å². The molecular weight excluding hydrogens is 262 g/mol. The summed E-state index contributed by atoms with van der Waals surface area (Å²) in [6.07, 6.45) is 3.65. The first kappa shape index (κ1) is 12.9. The van der Waals surface area contributed by atoms with Gasteiger partial charge in [-0.15, -0.1) is 0 Å². The minimum Gasteiger partial charge on any atom is -0.422 e. The first-order chi connectivity index (χ1) is 10.0. The van der Waals surface area contributed by atoms with Crippen LogP contribution in [0.2, 0.25) is 0 Å². The highest BCUT2D eigenvalue weighted by Gasteiger charge is 2.59. The van der Waals surface area contributed by atoms with Crippen LogP contribution in [0, 0.1) is 16.7 Å². The average molecular weight is 283 g/mol. The zero-order chi connectivity index (χ0) is 14.7. The van der Waals surface area contributed by atoms with Gasteiger partial charge < -0.3 is 4.42 Å². The smallest absolute Gasteiger partial charge is 0.316 e. The third kappa shape index (κ3) is 1.68. The van der Waals surface area contributed by atoms with E-state index in [2.05, 4.69) is 36.3 Å². The van der Waals surface area contributed by atoms with E-state index in [0.717, 1.165) is 23.4 Å². The number of oxazole rings is 1. The molecule has 2 aliphatic rings. The van der Waals surface area contributed by atoms with E-state index in [-0.39, 0.29) is 5.41 Å². The molecule has 4 nitrogen and oxygen atoms in total. The molecule has 2 atom stereocenters. The van der Waals surface area contributed by atoms with E-state index in [1.54, 1.807) is 0 Å². The van der Waals surface area contributed by atoms with Gasteiger partial charge in [0.25, 0.3) is 0 Å². The normalized spacial score (nSPS) is 32.1. The molecule has 0 saturated heterocycles. The zero-order valence-corrected chi connectivity index (χ0v) is 12.8. The number of hydrogen-bond acceptors (Lipinski definition) is 4. The van der Waals surface area contributed by atoms with E-state index in [0.29, 0.717) is 11.4 Å². The molecule has 0 unspecified atom stereocenters. The number of fused-ring (bicyclic) bond motifs is 3. The lowest BCUT2D eigenvalue weighted by Gasteiger charge is -2.34. The largest absolute Gasteiger partial charge is 0.422 e. The Bertz CT molecular complexity index is 697. The molecule has 1 aromatic heterocycles.